The van der Waals surface area contributed by atoms with Gasteiger partial charge in [0.05, 0.1) is 16.4 Å². The molecule has 0 radical (unpaired) electrons. The van der Waals surface area contributed by atoms with Gasteiger partial charge in [-0.1, -0.05) is 12.8 Å². The lowest BCUT2D eigenvalue weighted by Crippen LogP contribution is -2.17. The van der Waals surface area contributed by atoms with Crippen LogP contribution >= 0.6 is 38.5 Å². The average Bonchev–Trinajstić information content (AvgIpc) is 3.03. The van der Waals surface area contributed by atoms with Gasteiger partial charge in [0.2, 0.25) is 0 Å². The largest absolute Gasteiger partial charge is 0.460 e. The van der Waals surface area contributed by atoms with Crippen LogP contribution in [0.25, 0.3) is 11.6 Å². The summed E-state index contributed by atoms with van der Waals surface area (Å²) >= 11 is 5.49. The van der Waals surface area contributed by atoms with Crippen LogP contribution in [0.5, 0.6) is 0 Å². The predicted octanol–water partition coefficient (Wildman–Crippen LogP) is 4.05. The van der Waals surface area contributed by atoms with E-state index in [4.69, 9.17) is 4.42 Å². The number of halogens is 2. The summed E-state index contributed by atoms with van der Waals surface area (Å²) in [4.78, 5) is 19.5. The van der Waals surface area contributed by atoms with Crippen molar-refractivity contribution in [1.82, 2.24) is 9.97 Å². The molecule has 2 heterocycles. The minimum Gasteiger partial charge on any atom is -0.460 e. The molecule has 1 fully saturated rings. The van der Waals surface area contributed by atoms with Gasteiger partial charge in [-0.2, -0.15) is 0 Å². The number of nitrogens with one attached hydrogen (secondary N) is 1. The topological polar surface area (TPSA) is 58.9 Å². The van der Waals surface area contributed by atoms with Crippen LogP contribution in [0.1, 0.15) is 37.3 Å². The zero-order valence-electron chi connectivity index (χ0n) is 10.1. The third-order valence-corrected chi connectivity index (χ3v) is 5.13. The molecule has 1 saturated carbocycles. The molecule has 0 atom stereocenters. The number of rotatable bonds is 2. The van der Waals surface area contributed by atoms with Crippen LogP contribution in [0.2, 0.25) is 0 Å². The Bertz CT molecular complexity index is 659. The zero-order valence-corrected chi connectivity index (χ0v) is 13.8. The second-order valence-electron chi connectivity index (χ2n) is 4.69. The molecule has 0 aliphatic heterocycles. The maximum absolute atomic E-state index is 12.1. The van der Waals surface area contributed by atoms with Crippen LogP contribution in [0.4, 0.5) is 0 Å². The summed E-state index contributed by atoms with van der Waals surface area (Å²) in [6.07, 6.45) is 6.24. The van der Waals surface area contributed by atoms with Gasteiger partial charge in [-0.25, -0.2) is 4.98 Å². The zero-order chi connectivity index (χ0) is 13.4. The molecule has 19 heavy (non-hydrogen) atoms. The minimum atomic E-state index is -0.0872. The van der Waals surface area contributed by atoms with Gasteiger partial charge in [-0.3, -0.25) is 4.79 Å². The molecule has 0 amide bonds. The number of nitrogens with zero attached hydrogens (tertiary/aromatic N) is 1. The van der Waals surface area contributed by atoms with Gasteiger partial charge in [0.25, 0.3) is 5.56 Å². The second-order valence-corrected chi connectivity index (χ2v) is 6.63. The van der Waals surface area contributed by atoms with Crippen LogP contribution in [0.3, 0.4) is 0 Å². The van der Waals surface area contributed by atoms with Gasteiger partial charge in [0.15, 0.2) is 11.6 Å². The van der Waals surface area contributed by atoms with Crippen LogP contribution in [-0.4, -0.2) is 9.97 Å². The molecular formula is C13H12BrIN2O2. The fraction of sp³-hybridized carbons (Fsp3) is 0.385. The first-order valence-electron chi connectivity index (χ1n) is 6.20. The van der Waals surface area contributed by atoms with E-state index in [0.29, 0.717) is 21.1 Å². The monoisotopic (exact) mass is 434 g/mol. The second kappa shape index (κ2) is 5.40. The van der Waals surface area contributed by atoms with E-state index in [0.717, 1.165) is 23.0 Å². The van der Waals surface area contributed by atoms with Gasteiger partial charge < -0.3 is 9.40 Å². The Balaban J connectivity index is 2.12. The summed E-state index contributed by atoms with van der Waals surface area (Å²) in [6.45, 7) is 0. The molecule has 0 spiro atoms. The van der Waals surface area contributed by atoms with Gasteiger partial charge in [0.1, 0.15) is 3.57 Å². The minimum absolute atomic E-state index is 0.0872. The van der Waals surface area contributed by atoms with Crippen molar-refractivity contribution in [3.8, 4) is 11.6 Å². The van der Waals surface area contributed by atoms with Crippen molar-refractivity contribution >= 4 is 38.5 Å². The quantitative estimate of drug-likeness (QED) is 0.725. The van der Waals surface area contributed by atoms with Crippen molar-refractivity contribution < 1.29 is 4.42 Å². The van der Waals surface area contributed by atoms with Gasteiger partial charge in [-0.05, 0) is 57.4 Å². The maximum atomic E-state index is 12.1. The smallest absolute Gasteiger partial charge is 0.264 e. The van der Waals surface area contributed by atoms with Crippen molar-refractivity contribution in [2.75, 3.05) is 0 Å². The lowest BCUT2D eigenvalue weighted by molar-refractivity contribution is 0.573. The highest BCUT2D eigenvalue weighted by atomic mass is 127. The van der Waals surface area contributed by atoms with E-state index in [-0.39, 0.29) is 5.56 Å². The Morgan fingerprint density at radius 3 is 2.79 bits per heavy atom. The molecule has 4 nitrogen and oxygen atoms in total. The summed E-state index contributed by atoms with van der Waals surface area (Å²) in [6, 6.07) is 1.79. The molecule has 6 heteroatoms. The van der Waals surface area contributed by atoms with Crippen LogP contribution in [0.15, 0.2) is 26.0 Å². The van der Waals surface area contributed by atoms with Crippen molar-refractivity contribution in [3.63, 3.8) is 0 Å². The predicted molar refractivity (Wildman–Crippen MR) is 84.2 cm³/mol. The van der Waals surface area contributed by atoms with Crippen molar-refractivity contribution in [2.24, 2.45) is 0 Å². The number of aromatic amines is 1. The number of furan rings is 1. The molecule has 0 bridgehead atoms. The third kappa shape index (κ3) is 2.52. The lowest BCUT2D eigenvalue weighted by Gasteiger charge is -2.11. The van der Waals surface area contributed by atoms with Crippen molar-refractivity contribution in [1.29, 1.82) is 0 Å². The van der Waals surface area contributed by atoms with Gasteiger partial charge >= 0.3 is 0 Å². The first-order valence-corrected chi connectivity index (χ1v) is 8.07. The lowest BCUT2D eigenvalue weighted by atomic mass is 10.0. The van der Waals surface area contributed by atoms with E-state index in [1.807, 2.05) is 0 Å². The van der Waals surface area contributed by atoms with E-state index < -0.39 is 0 Å². The van der Waals surface area contributed by atoms with E-state index in [1.165, 1.54) is 12.8 Å². The summed E-state index contributed by atoms with van der Waals surface area (Å²) in [5.41, 5.74) is 0.830. The highest BCUT2D eigenvalue weighted by Gasteiger charge is 2.24. The number of aromatic nitrogens is 2. The Morgan fingerprint density at radius 2 is 2.16 bits per heavy atom. The third-order valence-electron chi connectivity index (χ3n) is 3.46. The first-order chi connectivity index (χ1) is 9.16. The fourth-order valence-electron chi connectivity index (χ4n) is 2.52. The van der Waals surface area contributed by atoms with Crippen LogP contribution in [0, 0.1) is 3.57 Å². The van der Waals surface area contributed by atoms with E-state index in [1.54, 1.807) is 12.3 Å². The summed E-state index contributed by atoms with van der Waals surface area (Å²) in [5, 5.41) is 0. The molecule has 100 valence electrons. The SMILES string of the molecule is O=c1[nH]c(-c2occc2Br)nc(C2CCCC2)c1I. The summed E-state index contributed by atoms with van der Waals surface area (Å²) in [7, 11) is 0. The molecule has 1 N–H and O–H groups in total. The van der Waals surface area contributed by atoms with Gasteiger partial charge in [0, 0.05) is 5.92 Å². The van der Waals surface area contributed by atoms with Crippen LogP contribution in [-0.2, 0) is 0 Å². The number of hydrogen-bond donors (Lipinski definition) is 1. The highest BCUT2D eigenvalue weighted by molar-refractivity contribution is 14.1. The Labute approximate surface area is 132 Å². The Kier molecular flexibility index (Phi) is 3.79. The average molecular weight is 435 g/mol. The van der Waals surface area contributed by atoms with Gasteiger partial charge in [-0.15, -0.1) is 0 Å². The fourth-order valence-corrected chi connectivity index (χ4v) is 3.60. The Morgan fingerprint density at radius 1 is 1.42 bits per heavy atom. The number of H-pyrrole nitrogens is 1. The molecular weight excluding hydrogens is 423 g/mol. The molecule has 0 saturated heterocycles. The molecule has 2 aromatic rings. The summed E-state index contributed by atoms with van der Waals surface area (Å²) in [5.74, 6) is 1.48. The normalized spacial score (nSPS) is 16.1. The molecule has 0 aromatic carbocycles. The first kappa shape index (κ1) is 13.4. The molecule has 0 unspecified atom stereocenters. The van der Waals surface area contributed by atoms with E-state index in [2.05, 4.69) is 48.5 Å². The maximum Gasteiger partial charge on any atom is 0.264 e. The van der Waals surface area contributed by atoms with E-state index in [9.17, 15) is 4.79 Å². The molecule has 1 aliphatic carbocycles. The van der Waals surface area contributed by atoms with Crippen molar-refractivity contribution in [2.45, 2.75) is 31.6 Å². The molecule has 3 rings (SSSR count). The van der Waals surface area contributed by atoms with E-state index >= 15 is 0 Å². The summed E-state index contributed by atoms with van der Waals surface area (Å²) < 4.78 is 6.89. The van der Waals surface area contributed by atoms with Crippen LogP contribution < -0.4 is 5.56 Å². The van der Waals surface area contributed by atoms with Crippen molar-refractivity contribution in [3.05, 3.63) is 36.4 Å². The molecule has 1 aliphatic rings. The standard InChI is InChI=1S/C13H12BrIN2O2/c14-8-5-6-19-11(8)12-16-10(7-3-1-2-4-7)9(15)13(18)17-12/h5-7H,1-4H2,(H,16,17,18). The highest BCUT2D eigenvalue weighted by Crippen LogP contribution is 2.35. The Hall–Kier alpha value is -0.630. The molecule has 2 aromatic heterocycles. The number of hydrogen-bond acceptors (Lipinski definition) is 3.